The molecule has 1 aromatic carbocycles. The quantitative estimate of drug-likeness (QED) is 0.493. The van der Waals surface area contributed by atoms with Crippen molar-refractivity contribution in [2.24, 2.45) is 10.8 Å². The first kappa shape index (κ1) is 14.9. The molecule has 112 valence electrons. The number of nitrogens with zero attached hydrogens (tertiary/aromatic N) is 3. The Balaban J connectivity index is 2.00. The van der Waals surface area contributed by atoms with E-state index in [-0.39, 0.29) is 11.6 Å². The molecule has 0 saturated heterocycles. The lowest BCUT2D eigenvalue weighted by Gasteiger charge is -2.04. The molecular weight excluding hydrogens is 290 g/mol. The first-order valence-corrected chi connectivity index (χ1v) is 6.01. The van der Waals surface area contributed by atoms with E-state index in [0.717, 1.165) is 11.8 Å². The predicted octanol–water partition coefficient (Wildman–Crippen LogP) is 1.78. The Morgan fingerprint density at radius 1 is 1.32 bits per heavy atom. The number of carbonyl (C=O) groups is 1. The van der Waals surface area contributed by atoms with Crippen molar-refractivity contribution >= 4 is 17.9 Å². The van der Waals surface area contributed by atoms with Crippen LogP contribution in [0.5, 0.6) is 11.6 Å². The average Bonchev–Trinajstić information content (AvgIpc) is 2.49. The van der Waals surface area contributed by atoms with Crippen LogP contribution in [-0.2, 0) is 0 Å². The molecule has 0 fully saturated rings. The van der Waals surface area contributed by atoms with Crippen LogP contribution in [0.1, 0.15) is 5.56 Å². The SMILES string of the molecule is NC(=O)NN=Cc1ccc(Oc2ccc([N+](=O)[O-])cn2)cc1. The van der Waals surface area contributed by atoms with Crippen LogP contribution in [0.15, 0.2) is 47.7 Å². The topological polar surface area (TPSA) is 133 Å². The van der Waals surface area contributed by atoms with E-state index >= 15 is 0 Å². The Morgan fingerprint density at radius 3 is 2.59 bits per heavy atom. The van der Waals surface area contributed by atoms with Crippen LogP contribution >= 0.6 is 0 Å². The summed E-state index contributed by atoms with van der Waals surface area (Å²) in [5, 5.41) is 14.1. The second-order valence-corrected chi connectivity index (χ2v) is 4.02. The van der Waals surface area contributed by atoms with Crippen LogP contribution in [-0.4, -0.2) is 22.2 Å². The summed E-state index contributed by atoms with van der Waals surface area (Å²) in [5.41, 5.74) is 7.55. The molecule has 9 nitrogen and oxygen atoms in total. The molecule has 1 heterocycles. The zero-order valence-electron chi connectivity index (χ0n) is 11.2. The van der Waals surface area contributed by atoms with E-state index in [1.807, 2.05) is 0 Å². The van der Waals surface area contributed by atoms with Crippen molar-refractivity contribution in [2.75, 3.05) is 0 Å². The molecule has 0 atom stereocenters. The van der Waals surface area contributed by atoms with Crippen molar-refractivity contribution in [3.8, 4) is 11.6 Å². The van der Waals surface area contributed by atoms with E-state index in [1.54, 1.807) is 24.3 Å². The van der Waals surface area contributed by atoms with E-state index in [2.05, 4.69) is 15.5 Å². The number of hydrazone groups is 1. The monoisotopic (exact) mass is 301 g/mol. The molecule has 2 amide bonds. The van der Waals surface area contributed by atoms with Crippen molar-refractivity contribution < 1.29 is 14.5 Å². The number of pyridine rings is 1. The van der Waals surface area contributed by atoms with Crippen LogP contribution in [0.4, 0.5) is 10.5 Å². The number of ether oxygens (including phenoxy) is 1. The molecule has 3 N–H and O–H groups in total. The van der Waals surface area contributed by atoms with Crippen molar-refractivity contribution in [3.05, 3.63) is 58.3 Å². The van der Waals surface area contributed by atoms with Gasteiger partial charge in [-0.2, -0.15) is 5.10 Å². The Labute approximate surface area is 124 Å². The largest absolute Gasteiger partial charge is 0.439 e. The maximum atomic E-state index is 10.5. The fraction of sp³-hybridized carbons (Fsp3) is 0. The lowest BCUT2D eigenvalue weighted by molar-refractivity contribution is -0.385. The van der Waals surface area contributed by atoms with Crippen LogP contribution in [0.25, 0.3) is 0 Å². The highest BCUT2D eigenvalue weighted by Gasteiger charge is 2.06. The van der Waals surface area contributed by atoms with E-state index in [0.29, 0.717) is 5.75 Å². The van der Waals surface area contributed by atoms with E-state index in [9.17, 15) is 14.9 Å². The van der Waals surface area contributed by atoms with Crippen molar-refractivity contribution in [1.29, 1.82) is 0 Å². The first-order valence-electron chi connectivity index (χ1n) is 6.01. The summed E-state index contributed by atoms with van der Waals surface area (Å²) >= 11 is 0. The zero-order chi connectivity index (χ0) is 15.9. The van der Waals surface area contributed by atoms with Gasteiger partial charge in [0.05, 0.1) is 11.1 Å². The summed E-state index contributed by atoms with van der Waals surface area (Å²) in [6.07, 6.45) is 2.53. The Morgan fingerprint density at radius 2 is 2.05 bits per heavy atom. The first-order chi connectivity index (χ1) is 10.5. The lowest BCUT2D eigenvalue weighted by atomic mass is 10.2. The Bertz CT molecular complexity index is 697. The second kappa shape index (κ2) is 6.79. The molecule has 2 aromatic rings. The van der Waals surface area contributed by atoms with Crippen LogP contribution in [0.2, 0.25) is 0 Å². The van der Waals surface area contributed by atoms with Gasteiger partial charge in [-0.25, -0.2) is 15.2 Å². The molecule has 0 aliphatic heterocycles. The number of rotatable bonds is 5. The van der Waals surface area contributed by atoms with Gasteiger partial charge in [0.15, 0.2) is 0 Å². The molecule has 0 aliphatic carbocycles. The van der Waals surface area contributed by atoms with Gasteiger partial charge in [0.2, 0.25) is 5.88 Å². The molecule has 2 rings (SSSR count). The molecule has 1 aromatic heterocycles. The highest BCUT2D eigenvalue weighted by atomic mass is 16.6. The second-order valence-electron chi connectivity index (χ2n) is 4.02. The number of carbonyl (C=O) groups excluding carboxylic acids is 1. The lowest BCUT2D eigenvalue weighted by Crippen LogP contribution is -2.24. The molecule has 0 unspecified atom stereocenters. The Kier molecular flexibility index (Phi) is 4.60. The molecule has 0 saturated carbocycles. The van der Waals surface area contributed by atoms with Crippen molar-refractivity contribution in [3.63, 3.8) is 0 Å². The van der Waals surface area contributed by atoms with Gasteiger partial charge in [0.25, 0.3) is 5.69 Å². The molecule has 9 heteroatoms. The number of hydrogen-bond acceptors (Lipinski definition) is 6. The summed E-state index contributed by atoms with van der Waals surface area (Å²) in [4.78, 5) is 24.3. The number of aromatic nitrogens is 1. The van der Waals surface area contributed by atoms with E-state index < -0.39 is 11.0 Å². The molecule has 22 heavy (non-hydrogen) atoms. The third kappa shape index (κ3) is 4.27. The van der Waals surface area contributed by atoms with Crippen LogP contribution in [0.3, 0.4) is 0 Å². The predicted molar refractivity (Wildman–Crippen MR) is 77.7 cm³/mol. The van der Waals surface area contributed by atoms with Gasteiger partial charge >= 0.3 is 6.03 Å². The molecule has 0 bridgehead atoms. The maximum Gasteiger partial charge on any atom is 0.332 e. The minimum atomic E-state index is -0.750. The third-order valence-corrected chi connectivity index (χ3v) is 2.42. The number of primary amides is 1. The molecular formula is C13H11N5O4. The number of benzene rings is 1. The number of hydrogen-bond donors (Lipinski definition) is 2. The minimum Gasteiger partial charge on any atom is -0.439 e. The number of amides is 2. The van der Waals surface area contributed by atoms with E-state index in [1.165, 1.54) is 18.3 Å². The van der Waals surface area contributed by atoms with Gasteiger partial charge in [-0.1, -0.05) is 0 Å². The maximum absolute atomic E-state index is 10.5. The summed E-state index contributed by atoms with van der Waals surface area (Å²) in [6.45, 7) is 0. The summed E-state index contributed by atoms with van der Waals surface area (Å²) in [6, 6.07) is 8.69. The van der Waals surface area contributed by atoms with Gasteiger partial charge in [-0.15, -0.1) is 0 Å². The number of nitrogens with two attached hydrogens (primary N) is 1. The van der Waals surface area contributed by atoms with Crippen molar-refractivity contribution in [2.45, 2.75) is 0 Å². The standard InChI is InChI=1S/C13H11N5O4/c14-13(19)17-16-7-9-1-4-11(5-2-9)22-12-6-3-10(8-15-12)18(20)21/h1-8H,(H3,14,17,19). The van der Waals surface area contributed by atoms with Gasteiger partial charge < -0.3 is 10.5 Å². The van der Waals surface area contributed by atoms with Gasteiger partial charge in [-0.3, -0.25) is 10.1 Å². The molecule has 0 aliphatic rings. The zero-order valence-corrected chi connectivity index (χ0v) is 11.2. The smallest absolute Gasteiger partial charge is 0.332 e. The third-order valence-electron chi connectivity index (χ3n) is 2.42. The minimum absolute atomic E-state index is 0.110. The fourth-order valence-electron chi connectivity index (χ4n) is 1.45. The van der Waals surface area contributed by atoms with Gasteiger partial charge in [0.1, 0.15) is 11.9 Å². The van der Waals surface area contributed by atoms with Gasteiger partial charge in [-0.05, 0) is 29.8 Å². The summed E-state index contributed by atoms with van der Waals surface area (Å²) < 4.78 is 5.44. The van der Waals surface area contributed by atoms with Gasteiger partial charge in [0, 0.05) is 12.1 Å². The highest BCUT2D eigenvalue weighted by molar-refractivity contribution is 5.81. The number of nitro groups is 1. The number of urea groups is 1. The fourth-order valence-corrected chi connectivity index (χ4v) is 1.45. The van der Waals surface area contributed by atoms with E-state index in [4.69, 9.17) is 10.5 Å². The Hall–Kier alpha value is -3.49. The summed E-state index contributed by atoms with van der Waals surface area (Å²) in [5.74, 6) is 0.740. The number of nitrogens with one attached hydrogen (secondary N) is 1. The summed E-state index contributed by atoms with van der Waals surface area (Å²) in [7, 11) is 0. The normalized spacial score (nSPS) is 10.4. The van der Waals surface area contributed by atoms with Crippen LogP contribution in [0, 0.1) is 10.1 Å². The van der Waals surface area contributed by atoms with Crippen LogP contribution < -0.4 is 15.9 Å². The molecule has 0 radical (unpaired) electrons. The molecule has 0 spiro atoms. The highest BCUT2D eigenvalue weighted by Crippen LogP contribution is 2.21. The average molecular weight is 301 g/mol. The van der Waals surface area contributed by atoms with Crippen molar-refractivity contribution in [1.82, 2.24) is 10.4 Å².